The molecule has 0 saturated carbocycles. The fraction of sp³-hybridized carbons (Fsp3) is 0.650. The van der Waals surface area contributed by atoms with Crippen molar-refractivity contribution in [1.82, 2.24) is 14.5 Å². The number of sulfonamides is 1. The number of amides is 1. The Labute approximate surface area is 173 Å². The summed E-state index contributed by atoms with van der Waals surface area (Å²) >= 11 is 0. The third-order valence-electron chi connectivity index (χ3n) is 5.22. The molecule has 1 amide bonds. The molecule has 0 spiro atoms. The van der Waals surface area contributed by atoms with Gasteiger partial charge in [0, 0.05) is 45.2 Å². The van der Waals surface area contributed by atoms with E-state index in [2.05, 4.69) is 10.2 Å². The summed E-state index contributed by atoms with van der Waals surface area (Å²) in [7, 11) is -3.48. The second kappa shape index (κ2) is 10.5. The van der Waals surface area contributed by atoms with Crippen LogP contribution in [0.25, 0.3) is 0 Å². The molecule has 1 aromatic rings. The summed E-state index contributed by atoms with van der Waals surface area (Å²) in [6.45, 7) is 7.75. The molecule has 29 heavy (non-hydrogen) atoms. The van der Waals surface area contributed by atoms with Gasteiger partial charge in [-0.05, 0) is 31.0 Å². The van der Waals surface area contributed by atoms with Crippen molar-refractivity contribution < 1.29 is 22.7 Å². The fourth-order valence-corrected chi connectivity index (χ4v) is 4.99. The summed E-state index contributed by atoms with van der Waals surface area (Å²) in [6.07, 6.45) is 0.955. The van der Waals surface area contributed by atoms with E-state index in [1.807, 2.05) is 6.92 Å². The molecule has 1 atom stereocenters. The molecule has 2 saturated heterocycles. The van der Waals surface area contributed by atoms with Gasteiger partial charge in [-0.1, -0.05) is 12.1 Å². The lowest BCUT2D eigenvalue weighted by atomic mass is 10.1. The maximum atomic E-state index is 12.6. The molecule has 3 rings (SSSR count). The summed E-state index contributed by atoms with van der Waals surface area (Å²) in [5, 5.41) is 3.04. The standard InChI is InChI=1S/C20H31N3O5S/c1-17(16-22-8-12-27-13-9-22)21-20(24)7-4-18-2-5-19(6-3-18)29(25,26)23-10-14-28-15-11-23/h2-3,5-6,17H,4,7-16H2,1H3,(H,21,24). The molecule has 2 heterocycles. The zero-order chi connectivity index (χ0) is 20.7. The average Bonchev–Trinajstić information content (AvgIpc) is 2.74. The zero-order valence-corrected chi connectivity index (χ0v) is 17.8. The first-order valence-electron chi connectivity index (χ1n) is 10.2. The number of hydrogen-bond acceptors (Lipinski definition) is 6. The number of nitrogens with zero attached hydrogens (tertiary/aromatic N) is 2. The molecule has 162 valence electrons. The summed E-state index contributed by atoms with van der Waals surface area (Å²) in [6, 6.07) is 6.91. The fourth-order valence-electron chi connectivity index (χ4n) is 3.59. The van der Waals surface area contributed by atoms with Crippen LogP contribution in [0.3, 0.4) is 0 Å². The number of morpholine rings is 2. The predicted octanol–water partition coefficient (Wildman–Crippen LogP) is 0.477. The number of carbonyl (C=O) groups excluding carboxylic acids is 1. The largest absolute Gasteiger partial charge is 0.379 e. The molecule has 1 N–H and O–H groups in total. The van der Waals surface area contributed by atoms with E-state index < -0.39 is 10.0 Å². The van der Waals surface area contributed by atoms with E-state index in [0.29, 0.717) is 39.1 Å². The molecule has 1 unspecified atom stereocenters. The Morgan fingerprint density at radius 3 is 2.24 bits per heavy atom. The summed E-state index contributed by atoms with van der Waals surface area (Å²) < 4.78 is 37.3. The Balaban J connectivity index is 1.45. The monoisotopic (exact) mass is 425 g/mol. The van der Waals surface area contributed by atoms with Crippen LogP contribution in [-0.2, 0) is 30.7 Å². The minimum Gasteiger partial charge on any atom is -0.379 e. The Bertz CT molecular complexity index is 757. The molecule has 0 radical (unpaired) electrons. The third-order valence-corrected chi connectivity index (χ3v) is 7.13. The van der Waals surface area contributed by atoms with Gasteiger partial charge in [0.2, 0.25) is 15.9 Å². The summed E-state index contributed by atoms with van der Waals surface area (Å²) in [5.74, 6) is 0.00998. The number of aryl methyl sites for hydroxylation is 1. The Hall–Kier alpha value is -1.52. The van der Waals surface area contributed by atoms with Gasteiger partial charge >= 0.3 is 0 Å². The van der Waals surface area contributed by atoms with E-state index >= 15 is 0 Å². The normalized spacial score (nSPS) is 20.3. The van der Waals surface area contributed by atoms with Gasteiger partial charge in [0.25, 0.3) is 0 Å². The van der Waals surface area contributed by atoms with E-state index in [-0.39, 0.29) is 16.8 Å². The molecule has 9 heteroatoms. The van der Waals surface area contributed by atoms with E-state index in [1.165, 1.54) is 4.31 Å². The zero-order valence-electron chi connectivity index (χ0n) is 17.0. The van der Waals surface area contributed by atoms with Gasteiger partial charge in [0.15, 0.2) is 0 Å². The number of carbonyl (C=O) groups is 1. The van der Waals surface area contributed by atoms with E-state index in [9.17, 15) is 13.2 Å². The van der Waals surface area contributed by atoms with Crippen molar-refractivity contribution in [2.45, 2.75) is 30.7 Å². The van der Waals surface area contributed by atoms with Crippen molar-refractivity contribution in [3.8, 4) is 0 Å². The highest BCUT2D eigenvalue weighted by atomic mass is 32.2. The van der Waals surface area contributed by atoms with Gasteiger partial charge in [0.1, 0.15) is 0 Å². The van der Waals surface area contributed by atoms with Crippen LogP contribution < -0.4 is 5.32 Å². The molecular weight excluding hydrogens is 394 g/mol. The lowest BCUT2D eigenvalue weighted by Crippen LogP contribution is -2.46. The van der Waals surface area contributed by atoms with Crippen LogP contribution in [0, 0.1) is 0 Å². The van der Waals surface area contributed by atoms with Crippen LogP contribution in [0.1, 0.15) is 18.9 Å². The SMILES string of the molecule is CC(CN1CCOCC1)NC(=O)CCc1ccc(S(=O)(=O)N2CCOCC2)cc1. The quantitative estimate of drug-likeness (QED) is 0.652. The van der Waals surface area contributed by atoms with Crippen molar-refractivity contribution >= 4 is 15.9 Å². The first-order valence-corrected chi connectivity index (χ1v) is 11.7. The third kappa shape index (κ3) is 6.48. The molecule has 2 aliphatic rings. The van der Waals surface area contributed by atoms with Gasteiger partial charge in [0.05, 0.1) is 31.3 Å². The molecule has 0 bridgehead atoms. The maximum absolute atomic E-state index is 12.6. The second-order valence-corrected chi connectivity index (χ2v) is 9.48. The molecule has 8 nitrogen and oxygen atoms in total. The van der Waals surface area contributed by atoms with Crippen molar-refractivity contribution in [2.75, 3.05) is 59.2 Å². The van der Waals surface area contributed by atoms with Gasteiger partial charge < -0.3 is 14.8 Å². The minimum absolute atomic E-state index is 0.00998. The highest BCUT2D eigenvalue weighted by Crippen LogP contribution is 2.18. The van der Waals surface area contributed by atoms with Crippen molar-refractivity contribution in [3.63, 3.8) is 0 Å². The van der Waals surface area contributed by atoms with E-state index in [0.717, 1.165) is 38.4 Å². The Kier molecular flexibility index (Phi) is 8.02. The topological polar surface area (TPSA) is 88.2 Å². The first kappa shape index (κ1) is 22.2. The molecule has 0 aromatic heterocycles. The Morgan fingerprint density at radius 1 is 1.03 bits per heavy atom. The lowest BCUT2D eigenvalue weighted by molar-refractivity contribution is -0.121. The highest BCUT2D eigenvalue weighted by molar-refractivity contribution is 7.89. The van der Waals surface area contributed by atoms with Crippen molar-refractivity contribution in [3.05, 3.63) is 29.8 Å². The van der Waals surface area contributed by atoms with Crippen molar-refractivity contribution in [2.24, 2.45) is 0 Å². The lowest BCUT2D eigenvalue weighted by Gasteiger charge is -2.29. The summed E-state index contributed by atoms with van der Waals surface area (Å²) in [4.78, 5) is 14.8. The van der Waals surface area contributed by atoms with E-state index in [1.54, 1.807) is 24.3 Å². The number of nitrogens with one attached hydrogen (secondary N) is 1. The van der Waals surface area contributed by atoms with Crippen LogP contribution in [0.5, 0.6) is 0 Å². The maximum Gasteiger partial charge on any atom is 0.243 e. The molecule has 1 aromatic carbocycles. The first-order chi connectivity index (χ1) is 13.9. The van der Waals surface area contributed by atoms with Gasteiger partial charge in [-0.3, -0.25) is 9.69 Å². The van der Waals surface area contributed by atoms with Crippen LogP contribution in [-0.4, -0.2) is 88.7 Å². The number of hydrogen-bond donors (Lipinski definition) is 1. The number of rotatable bonds is 8. The minimum atomic E-state index is -3.48. The summed E-state index contributed by atoms with van der Waals surface area (Å²) in [5.41, 5.74) is 0.946. The van der Waals surface area contributed by atoms with Crippen LogP contribution in [0.15, 0.2) is 29.2 Å². The van der Waals surface area contributed by atoms with Gasteiger partial charge in [-0.2, -0.15) is 4.31 Å². The predicted molar refractivity (Wildman–Crippen MR) is 109 cm³/mol. The van der Waals surface area contributed by atoms with Crippen molar-refractivity contribution in [1.29, 1.82) is 0 Å². The smallest absolute Gasteiger partial charge is 0.243 e. The number of ether oxygens (including phenoxy) is 2. The molecular formula is C20H31N3O5S. The molecule has 2 aliphatic heterocycles. The Morgan fingerprint density at radius 2 is 1.62 bits per heavy atom. The number of benzene rings is 1. The van der Waals surface area contributed by atoms with Crippen LogP contribution >= 0.6 is 0 Å². The average molecular weight is 426 g/mol. The molecule has 2 fully saturated rings. The van der Waals surface area contributed by atoms with Crippen LogP contribution in [0.4, 0.5) is 0 Å². The molecule has 0 aliphatic carbocycles. The van der Waals surface area contributed by atoms with Gasteiger partial charge in [-0.25, -0.2) is 8.42 Å². The van der Waals surface area contributed by atoms with Crippen LogP contribution in [0.2, 0.25) is 0 Å². The van der Waals surface area contributed by atoms with E-state index in [4.69, 9.17) is 9.47 Å². The van der Waals surface area contributed by atoms with Gasteiger partial charge in [-0.15, -0.1) is 0 Å². The highest BCUT2D eigenvalue weighted by Gasteiger charge is 2.26. The second-order valence-electron chi connectivity index (χ2n) is 7.54.